The van der Waals surface area contributed by atoms with Gasteiger partial charge in [-0.3, -0.25) is 4.79 Å². The molecule has 0 aliphatic carbocycles. The van der Waals surface area contributed by atoms with E-state index < -0.39 is 17.5 Å². The van der Waals surface area contributed by atoms with Crippen molar-refractivity contribution in [3.63, 3.8) is 0 Å². The standard InChI is InChI=1S/C19H24N2O4/c1-13-16(17(20)22)19(25-18(13)23)8-11-21(12-9-19)10-7-14-3-5-15(24-2)6-4-14/h3-6H,7-12H2,1-2H3,(H2,20,22). The molecule has 6 heteroatoms. The summed E-state index contributed by atoms with van der Waals surface area (Å²) < 4.78 is 10.7. The molecule has 1 saturated heterocycles. The van der Waals surface area contributed by atoms with Gasteiger partial charge in [-0.05, 0) is 31.0 Å². The summed E-state index contributed by atoms with van der Waals surface area (Å²) in [6.07, 6.45) is 2.16. The first-order valence-electron chi connectivity index (χ1n) is 8.55. The zero-order valence-electron chi connectivity index (χ0n) is 14.7. The number of hydrogen-bond donors (Lipinski definition) is 1. The molecule has 25 heavy (non-hydrogen) atoms. The van der Waals surface area contributed by atoms with Crippen LogP contribution in [0.3, 0.4) is 0 Å². The number of amides is 1. The van der Waals surface area contributed by atoms with Crippen LogP contribution >= 0.6 is 0 Å². The molecule has 1 aromatic rings. The normalized spacial score (nSPS) is 20.0. The van der Waals surface area contributed by atoms with Crippen molar-refractivity contribution >= 4 is 11.9 Å². The Labute approximate surface area is 147 Å². The van der Waals surface area contributed by atoms with Gasteiger partial charge in [0.05, 0.1) is 12.7 Å². The molecule has 0 bridgehead atoms. The van der Waals surface area contributed by atoms with Crippen LogP contribution < -0.4 is 10.5 Å². The molecule has 2 aliphatic rings. The van der Waals surface area contributed by atoms with Gasteiger partial charge in [0.25, 0.3) is 0 Å². The lowest BCUT2D eigenvalue weighted by molar-refractivity contribution is -0.150. The second-order valence-electron chi connectivity index (χ2n) is 6.69. The summed E-state index contributed by atoms with van der Waals surface area (Å²) in [6, 6.07) is 8.07. The quantitative estimate of drug-likeness (QED) is 0.817. The molecule has 2 aliphatic heterocycles. The highest BCUT2D eigenvalue weighted by molar-refractivity contribution is 6.06. The van der Waals surface area contributed by atoms with Gasteiger partial charge in [0.15, 0.2) is 0 Å². The molecule has 0 saturated carbocycles. The molecule has 1 fully saturated rings. The number of rotatable bonds is 5. The summed E-state index contributed by atoms with van der Waals surface area (Å²) in [5, 5.41) is 0. The van der Waals surface area contributed by atoms with Crippen LogP contribution in [0.15, 0.2) is 35.4 Å². The number of carbonyl (C=O) groups excluding carboxylic acids is 2. The summed E-state index contributed by atoms with van der Waals surface area (Å²) in [7, 11) is 1.66. The van der Waals surface area contributed by atoms with E-state index in [9.17, 15) is 9.59 Å². The van der Waals surface area contributed by atoms with E-state index >= 15 is 0 Å². The third kappa shape index (κ3) is 3.39. The molecule has 1 amide bonds. The Morgan fingerprint density at radius 3 is 2.48 bits per heavy atom. The van der Waals surface area contributed by atoms with E-state index in [0.29, 0.717) is 24.0 Å². The summed E-state index contributed by atoms with van der Waals surface area (Å²) in [4.78, 5) is 26.0. The van der Waals surface area contributed by atoms with E-state index in [1.807, 2.05) is 12.1 Å². The molecule has 0 atom stereocenters. The van der Waals surface area contributed by atoms with E-state index in [1.165, 1.54) is 5.56 Å². The van der Waals surface area contributed by atoms with Crippen LogP contribution in [0.25, 0.3) is 0 Å². The first-order valence-corrected chi connectivity index (χ1v) is 8.55. The van der Waals surface area contributed by atoms with Crippen LogP contribution in [-0.2, 0) is 20.7 Å². The van der Waals surface area contributed by atoms with Crippen molar-refractivity contribution in [2.24, 2.45) is 5.73 Å². The van der Waals surface area contributed by atoms with Gasteiger partial charge in [-0.15, -0.1) is 0 Å². The Morgan fingerprint density at radius 1 is 1.28 bits per heavy atom. The van der Waals surface area contributed by atoms with Gasteiger partial charge in [0, 0.05) is 38.0 Å². The Kier molecular flexibility index (Phi) is 4.81. The van der Waals surface area contributed by atoms with E-state index in [0.717, 1.165) is 31.8 Å². The SMILES string of the molecule is COc1ccc(CCN2CCC3(CC2)OC(=O)C(C)=C3C(N)=O)cc1. The monoisotopic (exact) mass is 344 g/mol. The van der Waals surface area contributed by atoms with Crippen LogP contribution in [0, 0.1) is 0 Å². The van der Waals surface area contributed by atoms with Crippen molar-refractivity contribution < 1.29 is 19.1 Å². The highest BCUT2D eigenvalue weighted by atomic mass is 16.6. The summed E-state index contributed by atoms with van der Waals surface area (Å²) in [6.45, 7) is 4.08. The molecule has 3 rings (SSSR count). The van der Waals surface area contributed by atoms with Gasteiger partial charge in [0.1, 0.15) is 11.4 Å². The predicted octanol–water partition coefficient (Wildman–Crippen LogP) is 1.43. The highest BCUT2D eigenvalue weighted by Crippen LogP contribution is 2.40. The van der Waals surface area contributed by atoms with Crippen molar-refractivity contribution in [3.05, 3.63) is 41.0 Å². The third-order valence-electron chi connectivity index (χ3n) is 5.21. The van der Waals surface area contributed by atoms with E-state index in [4.69, 9.17) is 15.2 Å². The highest BCUT2D eigenvalue weighted by Gasteiger charge is 2.50. The second-order valence-corrected chi connectivity index (χ2v) is 6.69. The fourth-order valence-corrected chi connectivity index (χ4v) is 3.73. The Hall–Kier alpha value is -2.34. The van der Waals surface area contributed by atoms with Gasteiger partial charge >= 0.3 is 5.97 Å². The van der Waals surface area contributed by atoms with Gasteiger partial charge < -0.3 is 20.1 Å². The fourth-order valence-electron chi connectivity index (χ4n) is 3.73. The Balaban J connectivity index is 1.58. The smallest absolute Gasteiger partial charge is 0.335 e. The zero-order valence-corrected chi connectivity index (χ0v) is 14.7. The number of likely N-dealkylation sites (tertiary alicyclic amines) is 1. The molecule has 2 N–H and O–H groups in total. The minimum atomic E-state index is -0.816. The number of nitrogens with two attached hydrogens (primary N) is 1. The van der Waals surface area contributed by atoms with Crippen LogP contribution in [0.1, 0.15) is 25.3 Å². The zero-order chi connectivity index (χ0) is 18.0. The number of nitrogens with zero attached hydrogens (tertiary/aromatic N) is 1. The van der Waals surface area contributed by atoms with Crippen molar-refractivity contribution in [3.8, 4) is 5.75 Å². The lowest BCUT2D eigenvalue weighted by atomic mass is 9.83. The molecular formula is C19H24N2O4. The Bertz CT molecular complexity index is 701. The van der Waals surface area contributed by atoms with Crippen molar-refractivity contribution in [1.29, 1.82) is 0 Å². The molecule has 0 unspecified atom stereocenters. The van der Waals surface area contributed by atoms with Crippen LogP contribution in [0.4, 0.5) is 0 Å². The predicted molar refractivity (Wildman–Crippen MR) is 93.1 cm³/mol. The first-order chi connectivity index (χ1) is 11.9. The average Bonchev–Trinajstić information content (AvgIpc) is 2.85. The number of methoxy groups -OCH3 is 1. The minimum Gasteiger partial charge on any atom is -0.497 e. The van der Waals surface area contributed by atoms with Gasteiger partial charge in [-0.2, -0.15) is 0 Å². The summed E-state index contributed by atoms with van der Waals surface area (Å²) in [5.74, 6) is -0.108. The number of primary amides is 1. The first kappa shape index (κ1) is 17.5. The molecule has 6 nitrogen and oxygen atoms in total. The number of piperidine rings is 1. The van der Waals surface area contributed by atoms with Gasteiger partial charge in [0.2, 0.25) is 5.91 Å². The lowest BCUT2D eigenvalue weighted by Gasteiger charge is -2.39. The van der Waals surface area contributed by atoms with Gasteiger partial charge in [-0.25, -0.2) is 4.79 Å². The number of carbonyl (C=O) groups is 2. The van der Waals surface area contributed by atoms with E-state index in [1.54, 1.807) is 14.0 Å². The molecule has 134 valence electrons. The largest absolute Gasteiger partial charge is 0.497 e. The molecule has 1 aromatic carbocycles. The van der Waals surface area contributed by atoms with Gasteiger partial charge in [-0.1, -0.05) is 12.1 Å². The maximum Gasteiger partial charge on any atom is 0.335 e. The molecule has 1 spiro atoms. The minimum absolute atomic E-state index is 0.360. The van der Waals surface area contributed by atoms with Crippen molar-refractivity contribution in [2.75, 3.05) is 26.7 Å². The Morgan fingerprint density at radius 2 is 1.92 bits per heavy atom. The summed E-state index contributed by atoms with van der Waals surface area (Å²) in [5.41, 5.74) is 6.66. The number of ether oxygens (including phenoxy) is 2. The summed E-state index contributed by atoms with van der Waals surface area (Å²) >= 11 is 0. The second kappa shape index (κ2) is 6.88. The molecular weight excluding hydrogens is 320 g/mol. The maximum atomic E-state index is 11.9. The van der Waals surface area contributed by atoms with Crippen molar-refractivity contribution in [2.45, 2.75) is 31.8 Å². The third-order valence-corrected chi connectivity index (χ3v) is 5.21. The van der Waals surface area contributed by atoms with E-state index in [-0.39, 0.29) is 0 Å². The van der Waals surface area contributed by atoms with Crippen LogP contribution in [0.5, 0.6) is 5.75 Å². The average molecular weight is 344 g/mol. The number of hydrogen-bond acceptors (Lipinski definition) is 5. The van der Waals surface area contributed by atoms with Crippen molar-refractivity contribution in [1.82, 2.24) is 4.90 Å². The lowest BCUT2D eigenvalue weighted by Crippen LogP contribution is -2.48. The number of esters is 1. The maximum absolute atomic E-state index is 11.9. The van der Waals surface area contributed by atoms with Crippen LogP contribution in [-0.4, -0.2) is 49.1 Å². The molecule has 0 aromatic heterocycles. The topological polar surface area (TPSA) is 81.9 Å². The molecule has 2 heterocycles. The van der Waals surface area contributed by atoms with E-state index in [2.05, 4.69) is 17.0 Å². The molecule has 0 radical (unpaired) electrons. The fraction of sp³-hybridized carbons (Fsp3) is 0.474. The number of benzene rings is 1. The van der Waals surface area contributed by atoms with Crippen LogP contribution in [0.2, 0.25) is 0 Å².